The molecule has 2 aromatic heterocycles. The quantitative estimate of drug-likeness (QED) is 0.491. The third-order valence-corrected chi connectivity index (χ3v) is 9.16. The molecule has 4 rings (SSSR count). The summed E-state index contributed by atoms with van der Waals surface area (Å²) >= 11 is 1.45. The highest BCUT2D eigenvalue weighted by Gasteiger charge is 2.32. The van der Waals surface area contributed by atoms with Crippen molar-refractivity contribution < 1.29 is 13.2 Å². The molecule has 30 heavy (non-hydrogen) atoms. The lowest BCUT2D eigenvalue weighted by molar-refractivity contribution is 0.102. The maximum Gasteiger partial charge on any atom is 0.191 e. The molecule has 3 heterocycles. The minimum Gasteiger partial charge on any atom is -0.344 e. The zero-order valence-corrected chi connectivity index (χ0v) is 19.6. The predicted octanol–water partition coefficient (Wildman–Crippen LogP) is 3.84. The van der Waals surface area contributed by atoms with E-state index in [2.05, 4.69) is 14.8 Å². The number of ketones is 1. The first-order chi connectivity index (χ1) is 14.3. The van der Waals surface area contributed by atoms with E-state index in [0.29, 0.717) is 23.8 Å². The lowest BCUT2D eigenvalue weighted by Gasteiger charge is -2.24. The van der Waals surface area contributed by atoms with Crippen LogP contribution in [0.5, 0.6) is 0 Å². The zero-order chi connectivity index (χ0) is 21.5. The number of hydrogen-bond donors (Lipinski definition) is 0. The van der Waals surface area contributed by atoms with Gasteiger partial charge in [0.25, 0.3) is 0 Å². The predicted molar refractivity (Wildman–Crippen MR) is 118 cm³/mol. The summed E-state index contributed by atoms with van der Waals surface area (Å²) in [6, 6.07) is 2.27. The summed E-state index contributed by atoms with van der Waals surface area (Å²) in [5.41, 5.74) is 2.50. The van der Waals surface area contributed by atoms with Crippen LogP contribution in [0.25, 0.3) is 0 Å². The maximum absolute atomic E-state index is 13.0. The molecule has 2 aromatic rings. The molecule has 1 saturated heterocycles. The minimum absolute atomic E-state index is 0.0519. The van der Waals surface area contributed by atoms with Crippen molar-refractivity contribution >= 4 is 27.4 Å². The molecule has 0 amide bonds. The van der Waals surface area contributed by atoms with E-state index in [1.807, 2.05) is 31.4 Å². The maximum atomic E-state index is 13.0. The normalized spacial score (nSPS) is 21.9. The van der Waals surface area contributed by atoms with Gasteiger partial charge in [-0.1, -0.05) is 31.0 Å². The second kappa shape index (κ2) is 8.49. The summed E-state index contributed by atoms with van der Waals surface area (Å²) in [6.07, 6.45) is 6.65. The summed E-state index contributed by atoms with van der Waals surface area (Å²) < 4.78 is 28.1. The van der Waals surface area contributed by atoms with E-state index >= 15 is 0 Å². The molecule has 0 radical (unpaired) electrons. The number of nitrogens with zero attached hydrogens (tertiary/aromatic N) is 4. The van der Waals surface area contributed by atoms with Crippen LogP contribution in [-0.2, 0) is 9.84 Å². The SMILES string of the molecule is Cc1nnc(SCC(=O)c2cc(C)n([C@@H]3CCS(=O)(=O)C3)c2C)n1C1CCCCC1. The van der Waals surface area contributed by atoms with Gasteiger partial charge in [-0.25, -0.2) is 8.42 Å². The molecule has 0 bridgehead atoms. The number of carbonyl (C=O) groups is 1. The number of thioether (sulfide) groups is 1. The topological polar surface area (TPSA) is 86.8 Å². The van der Waals surface area contributed by atoms with Crippen LogP contribution in [0.1, 0.15) is 78.2 Å². The van der Waals surface area contributed by atoms with E-state index in [9.17, 15) is 13.2 Å². The largest absolute Gasteiger partial charge is 0.344 e. The highest BCUT2D eigenvalue weighted by atomic mass is 32.2. The van der Waals surface area contributed by atoms with Crippen molar-refractivity contribution in [1.29, 1.82) is 0 Å². The molecule has 0 aromatic carbocycles. The van der Waals surface area contributed by atoms with Crippen molar-refractivity contribution in [2.45, 2.75) is 76.5 Å². The van der Waals surface area contributed by atoms with Gasteiger partial charge in [0.05, 0.1) is 17.3 Å². The Morgan fingerprint density at radius 2 is 1.80 bits per heavy atom. The van der Waals surface area contributed by atoms with Crippen molar-refractivity contribution in [3.63, 3.8) is 0 Å². The first-order valence-corrected chi connectivity index (χ1v) is 13.5. The lowest BCUT2D eigenvalue weighted by atomic mass is 9.95. The third-order valence-electron chi connectivity index (χ3n) is 6.47. The van der Waals surface area contributed by atoms with Crippen LogP contribution in [0.4, 0.5) is 0 Å². The van der Waals surface area contributed by atoms with E-state index < -0.39 is 9.84 Å². The highest BCUT2D eigenvalue weighted by molar-refractivity contribution is 7.99. The molecule has 1 aliphatic carbocycles. The van der Waals surface area contributed by atoms with Crippen LogP contribution >= 0.6 is 11.8 Å². The average Bonchev–Trinajstić information content (AvgIpc) is 3.35. The van der Waals surface area contributed by atoms with Crippen LogP contribution in [0, 0.1) is 20.8 Å². The Balaban J connectivity index is 1.49. The number of aryl methyl sites for hydroxylation is 2. The van der Waals surface area contributed by atoms with Gasteiger partial charge in [-0.3, -0.25) is 4.79 Å². The summed E-state index contributed by atoms with van der Waals surface area (Å²) in [5, 5.41) is 9.42. The van der Waals surface area contributed by atoms with E-state index in [1.165, 1.54) is 31.0 Å². The average molecular weight is 451 g/mol. The van der Waals surface area contributed by atoms with Gasteiger partial charge < -0.3 is 9.13 Å². The summed E-state index contributed by atoms with van der Waals surface area (Å²) in [6.45, 7) is 5.85. The van der Waals surface area contributed by atoms with Gasteiger partial charge in [0.2, 0.25) is 0 Å². The Bertz CT molecular complexity index is 1050. The van der Waals surface area contributed by atoms with Crippen molar-refractivity contribution in [2.24, 2.45) is 0 Å². The number of carbonyl (C=O) groups excluding carboxylic acids is 1. The van der Waals surface area contributed by atoms with Crippen molar-refractivity contribution in [3.05, 3.63) is 28.8 Å². The Kier molecular flexibility index (Phi) is 6.12. The van der Waals surface area contributed by atoms with Crippen molar-refractivity contribution in [1.82, 2.24) is 19.3 Å². The molecule has 164 valence electrons. The summed E-state index contributed by atoms with van der Waals surface area (Å²) in [7, 11) is -2.98. The third kappa shape index (κ3) is 4.23. The van der Waals surface area contributed by atoms with E-state index in [1.54, 1.807) is 0 Å². The van der Waals surface area contributed by atoms with Crippen LogP contribution in [0.3, 0.4) is 0 Å². The van der Waals surface area contributed by atoms with Crippen LogP contribution in [-0.4, -0.2) is 50.8 Å². The molecule has 0 unspecified atom stereocenters. The first kappa shape index (κ1) is 21.6. The van der Waals surface area contributed by atoms with Crippen molar-refractivity contribution in [2.75, 3.05) is 17.3 Å². The molecule has 0 N–H and O–H groups in total. The fraction of sp³-hybridized carbons (Fsp3) is 0.667. The van der Waals surface area contributed by atoms with Crippen molar-refractivity contribution in [3.8, 4) is 0 Å². The Labute approximate surface area is 182 Å². The number of rotatable bonds is 6. The molecule has 0 spiro atoms. The highest BCUT2D eigenvalue weighted by Crippen LogP contribution is 2.33. The molecule has 2 fully saturated rings. The minimum atomic E-state index is -2.98. The molecular formula is C21H30N4O3S2. The zero-order valence-electron chi connectivity index (χ0n) is 17.9. The Hall–Kier alpha value is -1.61. The number of aromatic nitrogens is 4. The number of Topliss-reactive ketones (excluding diaryl/α,β-unsaturated/α-hetero) is 1. The monoisotopic (exact) mass is 450 g/mol. The van der Waals surface area contributed by atoms with Gasteiger partial charge in [0.1, 0.15) is 5.82 Å². The van der Waals surface area contributed by atoms with E-state index in [4.69, 9.17) is 0 Å². The van der Waals surface area contributed by atoms with Gasteiger partial charge in [0.15, 0.2) is 20.8 Å². The summed E-state index contributed by atoms with van der Waals surface area (Å²) in [5.74, 6) is 1.66. The van der Waals surface area contributed by atoms with Gasteiger partial charge in [-0.05, 0) is 46.1 Å². The number of hydrogen-bond acceptors (Lipinski definition) is 6. The van der Waals surface area contributed by atoms with E-state index in [-0.39, 0.29) is 23.3 Å². The summed E-state index contributed by atoms with van der Waals surface area (Å²) in [4.78, 5) is 13.0. The molecule has 1 atom stereocenters. The van der Waals surface area contributed by atoms with Gasteiger partial charge in [-0.2, -0.15) is 0 Å². The Morgan fingerprint density at radius 1 is 1.07 bits per heavy atom. The Morgan fingerprint density at radius 3 is 2.47 bits per heavy atom. The molecule has 7 nitrogen and oxygen atoms in total. The van der Waals surface area contributed by atoms with Gasteiger partial charge in [-0.15, -0.1) is 10.2 Å². The molecule has 1 saturated carbocycles. The molecule has 2 aliphatic rings. The van der Waals surface area contributed by atoms with E-state index in [0.717, 1.165) is 35.2 Å². The standard InChI is InChI=1S/C21H30N4O3S2/c1-14-11-19(15(2)24(14)18-9-10-30(27,28)13-18)20(26)12-29-21-23-22-16(3)25(21)17-7-5-4-6-8-17/h11,17-18H,4-10,12-13H2,1-3H3/t18-/m1/s1. The number of sulfone groups is 1. The smallest absolute Gasteiger partial charge is 0.191 e. The van der Waals surface area contributed by atoms with Crippen LogP contribution in [0.2, 0.25) is 0 Å². The fourth-order valence-corrected chi connectivity index (χ4v) is 7.65. The van der Waals surface area contributed by atoms with Crippen LogP contribution in [0.15, 0.2) is 11.2 Å². The van der Waals surface area contributed by atoms with Gasteiger partial charge >= 0.3 is 0 Å². The molecule has 9 heteroatoms. The van der Waals surface area contributed by atoms with Crippen LogP contribution < -0.4 is 0 Å². The molecule has 1 aliphatic heterocycles. The second-order valence-electron chi connectivity index (χ2n) is 8.62. The molecular weight excluding hydrogens is 420 g/mol. The lowest BCUT2D eigenvalue weighted by Crippen LogP contribution is -2.16. The first-order valence-electron chi connectivity index (χ1n) is 10.7. The second-order valence-corrected chi connectivity index (χ2v) is 11.8. The fourth-order valence-electron chi connectivity index (χ4n) is 5.02. The van der Waals surface area contributed by atoms with Gasteiger partial charge in [0, 0.05) is 29.0 Å².